The van der Waals surface area contributed by atoms with Gasteiger partial charge in [0.15, 0.2) is 0 Å². The molecule has 5 rings (SSSR count). The molecule has 28 heavy (non-hydrogen) atoms. The average Bonchev–Trinajstić information content (AvgIpc) is 3.33. The first-order chi connectivity index (χ1) is 13.6. The number of aromatic amines is 2. The van der Waals surface area contributed by atoms with E-state index in [0.29, 0.717) is 17.6 Å². The third kappa shape index (κ3) is 2.69. The number of carbonyl (C=O) groups excluding carboxylic acids is 1. The van der Waals surface area contributed by atoms with Crippen molar-refractivity contribution in [3.63, 3.8) is 0 Å². The number of hydrogen-bond donors (Lipinski definition) is 2. The summed E-state index contributed by atoms with van der Waals surface area (Å²) in [7, 11) is 0. The van der Waals surface area contributed by atoms with Gasteiger partial charge in [-0.15, -0.1) is 0 Å². The molecule has 1 amide bonds. The number of likely N-dealkylation sites (tertiary alicyclic amines) is 1. The average molecular weight is 372 g/mol. The topological polar surface area (TPSA) is 81.8 Å². The van der Waals surface area contributed by atoms with Crippen LogP contribution >= 0.6 is 0 Å². The van der Waals surface area contributed by atoms with E-state index in [4.69, 9.17) is 4.98 Å². The number of aromatic nitrogens is 3. The van der Waals surface area contributed by atoms with Crippen LogP contribution < -0.4 is 5.56 Å². The Morgan fingerprint density at radius 2 is 1.96 bits per heavy atom. The zero-order valence-electron chi connectivity index (χ0n) is 15.5. The van der Waals surface area contributed by atoms with Crippen molar-refractivity contribution in [2.45, 2.75) is 25.8 Å². The fourth-order valence-electron chi connectivity index (χ4n) is 4.13. The number of imidazole rings is 1. The van der Waals surface area contributed by atoms with Crippen LogP contribution in [0.4, 0.5) is 0 Å². The van der Waals surface area contributed by atoms with Crippen molar-refractivity contribution < 1.29 is 4.79 Å². The number of fused-ring (bicyclic) bond motifs is 2. The van der Waals surface area contributed by atoms with Crippen LogP contribution in [0.1, 0.15) is 40.6 Å². The molecule has 6 nitrogen and oxygen atoms in total. The fraction of sp³-hybridized carbons (Fsp3) is 0.227. The molecule has 0 radical (unpaired) electrons. The Bertz CT molecular complexity index is 1270. The Morgan fingerprint density at radius 3 is 2.86 bits per heavy atom. The predicted molar refractivity (Wildman–Crippen MR) is 108 cm³/mol. The highest BCUT2D eigenvalue weighted by Crippen LogP contribution is 2.33. The number of pyridine rings is 1. The Kier molecular flexibility index (Phi) is 3.79. The maximum Gasteiger partial charge on any atom is 0.255 e. The van der Waals surface area contributed by atoms with E-state index in [1.54, 1.807) is 0 Å². The molecular formula is C22H20N4O2. The summed E-state index contributed by atoms with van der Waals surface area (Å²) in [6, 6.07) is 14.8. The Hall–Kier alpha value is -3.41. The SMILES string of the molecule is Cc1ccc2nc([C@@H]3CCCN3C(=O)c3cc(=O)[nH]c4ccccc34)[nH]c2c1. The normalized spacial score (nSPS) is 16.9. The van der Waals surface area contributed by atoms with Crippen molar-refractivity contribution in [1.29, 1.82) is 0 Å². The second kappa shape index (κ2) is 6.34. The molecule has 1 aliphatic heterocycles. The van der Waals surface area contributed by atoms with Gasteiger partial charge in [-0.2, -0.15) is 0 Å². The highest BCUT2D eigenvalue weighted by atomic mass is 16.2. The maximum atomic E-state index is 13.4. The second-order valence-corrected chi connectivity index (χ2v) is 7.39. The molecule has 1 atom stereocenters. The van der Waals surface area contributed by atoms with E-state index in [-0.39, 0.29) is 17.5 Å². The zero-order valence-corrected chi connectivity index (χ0v) is 15.5. The molecule has 1 fully saturated rings. The number of H-pyrrole nitrogens is 2. The summed E-state index contributed by atoms with van der Waals surface area (Å²) < 4.78 is 0. The number of benzene rings is 2. The minimum atomic E-state index is -0.267. The van der Waals surface area contributed by atoms with Crippen molar-refractivity contribution in [1.82, 2.24) is 19.9 Å². The van der Waals surface area contributed by atoms with Crippen molar-refractivity contribution in [2.24, 2.45) is 0 Å². The van der Waals surface area contributed by atoms with Gasteiger partial charge < -0.3 is 14.9 Å². The standard InChI is InChI=1S/C22H20N4O2/c1-13-8-9-17-18(11-13)25-21(24-17)19-7-4-10-26(19)22(28)15-12-20(27)23-16-6-3-2-5-14(15)16/h2-3,5-6,8-9,11-12,19H,4,7,10H2,1H3,(H,23,27)(H,24,25)/t19-/m0/s1. The Labute approximate surface area is 161 Å². The molecule has 0 saturated carbocycles. The van der Waals surface area contributed by atoms with Gasteiger partial charge in [-0.05, 0) is 43.5 Å². The highest BCUT2D eigenvalue weighted by Gasteiger charge is 2.33. The third-order valence-corrected chi connectivity index (χ3v) is 5.47. The van der Waals surface area contributed by atoms with Gasteiger partial charge in [0.1, 0.15) is 5.82 Å². The first-order valence-electron chi connectivity index (χ1n) is 9.49. The molecule has 0 unspecified atom stereocenters. The lowest BCUT2D eigenvalue weighted by Crippen LogP contribution is -2.32. The van der Waals surface area contributed by atoms with Crippen LogP contribution in [0.5, 0.6) is 0 Å². The monoisotopic (exact) mass is 372 g/mol. The van der Waals surface area contributed by atoms with E-state index in [1.165, 1.54) is 6.07 Å². The lowest BCUT2D eigenvalue weighted by Gasteiger charge is -2.23. The minimum absolute atomic E-state index is 0.113. The van der Waals surface area contributed by atoms with E-state index >= 15 is 0 Å². The number of nitrogens with zero attached hydrogens (tertiary/aromatic N) is 2. The summed E-state index contributed by atoms with van der Waals surface area (Å²) in [6.45, 7) is 2.70. The number of para-hydroxylation sites is 1. The van der Waals surface area contributed by atoms with Gasteiger partial charge in [0.05, 0.1) is 22.6 Å². The van der Waals surface area contributed by atoms with E-state index in [2.05, 4.69) is 16.0 Å². The van der Waals surface area contributed by atoms with Crippen molar-refractivity contribution in [3.05, 3.63) is 75.8 Å². The number of amides is 1. The first kappa shape index (κ1) is 16.7. The van der Waals surface area contributed by atoms with Crippen LogP contribution in [0.25, 0.3) is 21.9 Å². The van der Waals surface area contributed by atoms with Crippen LogP contribution in [-0.2, 0) is 0 Å². The summed E-state index contributed by atoms with van der Waals surface area (Å²) >= 11 is 0. The number of aryl methyl sites for hydroxylation is 1. The first-order valence-corrected chi connectivity index (χ1v) is 9.49. The van der Waals surface area contributed by atoms with Gasteiger partial charge >= 0.3 is 0 Å². The number of nitrogens with one attached hydrogen (secondary N) is 2. The molecule has 2 aromatic carbocycles. The Morgan fingerprint density at radius 1 is 1.11 bits per heavy atom. The molecule has 0 aliphatic carbocycles. The second-order valence-electron chi connectivity index (χ2n) is 7.39. The van der Waals surface area contributed by atoms with Crippen LogP contribution in [0.15, 0.2) is 53.3 Å². The summed E-state index contributed by atoms with van der Waals surface area (Å²) in [5.74, 6) is 0.682. The van der Waals surface area contributed by atoms with Crippen molar-refractivity contribution >= 4 is 27.8 Å². The van der Waals surface area contributed by atoms with Gasteiger partial charge in [-0.25, -0.2) is 4.98 Å². The zero-order chi connectivity index (χ0) is 19.3. The molecule has 1 saturated heterocycles. The van der Waals surface area contributed by atoms with Gasteiger partial charge in [-0.1, -0.05) is 24.3 Å². The predicted octanol–water partition coefficient (Wildman–Crippen LogP) is 3.69. The molecule has 3 heterocycles. The van der Waals surface area contributed by atoms with Gasteiger partial charge in [0, 0.05) is 23.5 Å². The summed E-state index contributed by atoms with van der Waals surface area (Å²) in [5.41, 5.74) is 3.90. The smallest absolute Gasteiger partial charge is 0.255 e. The molecule has 2 N–H and O–H groups in total. The third-order valence-electron chi connectivity index (χ3n) is 5.47. The molecule has 0 spiro atoms. The molecule has 1 aliphatic rings. The molecule has 6 heteroatoms. The van der Waals surface area contributed by atoms with E-state index in [0.717, 1.165) is 40.6 Å². The van der Waals surface area contributed by atoms with Crippen LogP contribution in [0.3, 0.4) is 0 Å². The summed E-state index contributed by atoms with van der Waals surface area (Å²) in [6.07, 6.45) is 1.76. The molecule has 2 aromatic heterocycles. The van der Waals surface area contributed by atoms with Crippen LogP contribution in [0, 0.1) is 6.92 Å². The lowest BCUT2D eigenvalue weighted by molar-refractivity contribution is 0.0732. The van der Waals surface area contributed by atoms with E-state index < -0.39 is 0 Å². The van der Waals surface area contributed by atoms with Gasteiger partial charge in [0.25, 0.3) is 5.91 Å². The van der Waals surface area contributed by atoms with Crippen molar-refractivity contribution in [3.8, 4) is 0 Å². The molecule has 140 valence electrons. The van der Waals surface area contributed by atoms with Gasteiger partial charge in [-0.3, -0.25) is 9.59 Å². The van der Waals surface area contributed by atoms with Gasteiger partial charge in [0.2, 0.25) is 5.56 Å². The van der Waals surface area contributed by atoms with Crippen molar-refractivity contribution in [2.75, 3.05) is 6.54 Å². The lowest BCUT2D eigenvalue weighted by atomic mass is 10.1. The minimum Gasteiger partial charge on any atom is -0.340 e. The summed E-state index contributed by atoms with van der Waals surface area (Å²) in [5, 5.41) is 0.762. The number of hydrogen-bond acceptors (Lipinski definition) is 3. The quantitative estimate of drug-likeness (QED) is 0.563. The number of carbonyl (C=O) groups is 1. The number of rotatable bonds is 2. The molecule has 0 bridgehead atoms. The van der Waals surface area contributed by atoms with Crippen LogP contribution in [-0.4, -0.2) is 32.3 Å². The summed E-state index contributed by atoms with van der Waals surface area (Å²) in [4.78, 5) is 38.2. The highest BCUT2D eigenvalue weighted by molar-refractivity contribution is 6.06. The molecular weight excluding hydrogens is 352 g/mol. The Balaban J connectivity index is 1.56. The molecule has 4 aromatic rings. The maximum absolute atomic E-state index is 13.4. The fourth-order valence-corrected chi connectivity index (χ4v) is 4.13. The van der Waals surface area contributed by atoms with E-state index in [1.807, 2.05) is 48.2 Å². The van der Waals surface area contributed by atoms with E-state index in [9.17, 15) is 9.59 Å². The largest absolute Gasteiger partial charge is 0.340 e. The van der Waals surface area contributed by atoms with Crippen LogP contribution in [0.2, 0.25) is 0 Å².